The zero-order valence-electron chi connectivity index (χ0n) is 12.8. The van der Waals surface area contributed by atoms with E-state index in [1.54, 1.807) is 18.2 Å². The van der Waals surface area contributed by atoms with E-state index in [-0.39, 0.29) is 11.5 Å². The lowest BCUT2D eigenvalue weighted by Gasteiger charge is -2.04. The van der Waals surface area contributed by atoms with Gasteiger partial charge >= 0.3 is 5.97 Å². The van der Waals surface area contributed by atoms with Gasteiger partial charge in [-0.2, -0.15) is 0 Å². The first-order chi connectivity index (χ1) is 11.1. The fraction of sp³-hybridized carbons (Fsp3) is 0.158. The van der Waals surface area contributed by atoms with Crippen molar-refractivity contribution in [1.29, 1.82) is 0 Å². The number of hydrogen-bond acceptors (Lipinski definition) is 3. The van der Waals surface area contributed by atoms with E-state index in [9.17, 15) is 9.18 Å². The molecule has 4 heteroatoms. The van der Waals surface area contributed by atoms with Crippen LogP contribution in [-0.4, -0.2) is 11.9 Å². The van der Waals surface area contributed by atoms with Crippen LogP contribution >= 0.6 is 0 Å². The Labute approximate surface area is 134 Å². The molecule has 2 aromatic rings. The Balaban J connectivity index is 1.71. The highest BCUT2D eigenvalue weighted by Gasteiger charge is 2.22. The fourth-order valence-corrected chi connectivity index (χ4v) is 2.41. The largest absolute Gasteiger partial charge is 0.407 e. The van der Waals surface area contributed by atoms with E-state index in [2.05, 4.69) is 24.0 Å². The van der Waals surface area contributed by atoms with Gasteiger partial charge in [-0.3, -0.25) is 0 Å². The van der Waals surface area contributed by atoms with Gasteiger partial charge < -0.3 is 4.74 Å². The molecule has 0 unspecified atom stereocenters. The van der Waals surface area contributed by atoms with Crippen molar-refractivity contribution in [1.82, 2.24) is 0 Å². The van der Waals surface area contributed by atoms with Crippen molar-refractivity contribution in [3.8, 4) is 0 Å². The van der Waals surface area contributed by atoms with Gasteiger partial charge in [-0.25, -0.2) is 14.2 Å². The molecule has 0 saturated heterocycles. The van der Waals surface area contributed by atoms with E-state index >= 15 is 0 Å². The van der Waals surface area contributed by atoms with Gasteiger partial charge in [-0.1, -0.05) is 36.4 Å². The van der Waals surface area contributed by atoms with Gasteiger partial charge in [0.15, 0.2) is 11.6 Å². The SMILES string of the molecule is Cc1ccccc1CCC1=N/C(=C/c2ccc(F)cc2)C(=O)O1. The quantitative estimate of drug-likeness (QED) is 0.631. The van der Waals surface area contributed by atoms with Crippen molar-refractivity contribution in [2.45, 2.75) is 19.8 Å². The maximum absolute atomic E-state index is 12.9. The second-order valence-electron chi connectivity index (χ2n) is 5.40. The van der Waals surface area contributed by atoms with Gasteiger partial charge in [0.2, 0.25) is 0 Å². The van der Waals surface area contributed by atoms with E-state index < -0.39 is 5.97 Å². The molecule has 0 fully saturated rings. The summed E-state index contributed by atoms with van der Waals surface area (Å²) in [7, 11) is 0. The van der Waals surface area contributed by atoms with Crippen LogP contribution in [0.1, 0.15) is 23.1 Å². The molecule has 0 bridgehead atoms. The van der Waals surface area contributed by atoms with Gasteiger partial charge in [0, 0.05) is 6.42 Å². The molecule has 0 N–H and O–H groups in total. The predicted molar refractivity (Wildman–Crippen MR) is 87.4 cm³/mol. The molecule has 0 radical (unpaired) electrons. The number of halogens is 1. The summed E-state index contributed by atoms with van der Waals surface area (Å²) in [5.74, 6) is -0.357. The van der Waals surface area contributed by atoms with E-state index in [1.165, 1.54) is 23.3 Å². The second-order valence-corrected chi connectivity index (χ2v) is 5.40. The molecule has 0 saturated carbocycles. The zero-order chi connectivity index (χ0) is 16.2. The van der Waals surface area contributed by atoms with E-state index in [0.29, 0.717) is 17.9 Å². The molecule has 0 aliphatic carbocycles. The normalized spacial score (nSPS) is 15.7. The van der Waals surface area contributed by atoms with E-state index in [1.807, 2.05) is 12.1 Å². The molecule has 23 heavy (non-hydrogen) atoms. The van der Waals surface area contributed by atoms with Crippen molar-refractivity contribution in [2.24, 2.45) is 4.99 Å². The number of rotatable bonds is 4. The first-order valence-electron chi connectivity index (χ1n) is 7.43. The summed E-state index contributed by atoms with van der Waals surface area (Å²) in [6, 6.07) is 14.0. The number of nitrogens with zero attached hydrogens (tertiary/aromatic N) is 1. The molecular formula is C19H16FNO2. The van der Waals surface area contributed by atoms with Crippen LogP contribution in [0, 0.1) is 12.7 Å². The topological polar surface area (TPSA) is 38.7 Å². The standard InChI is InChI=1S/C19H16FNO2/c1-13-4-2-3-5-15(13)8-11-18-21-17(19(22)23-18)12-14-6-9-16(20)10-7-14/h2-7,9-10,12H,8,11H2,1H3/b17-12+. The summed E-state index contributed by atoms with van der Waals surface area (Å²) >= 11 is 0. The summed E-state index contributed by atoms with van der Waals surface area (Å²) in [5, 5.41) is 0. The molecule has 3 rings (SSSR count). The molecule has 1 aliphatic heterocycles. The molecule has 0 spiro atoms. The Hall–Kier alpha value is -2.75. The second kappa shape index (κ2) is 6.57. The average Bonchev–Trinajstić information content (AvgIpc) is 2.89. The van der Waals surface area contributed by atoms with E-state index in [0.717, 1.165) is 6.42 Å². The molecule has 2 aromatic carbocycles. The summed E-state index contributed by atoms with van der Waals surface area (Å²) in [6.45, 7) is 2.05. The lowest BCUT2D eigenvalue weighted by Crippen LogP contribution is -2.05. The molecule has 0 atom stereocenters. The van der Waals surface area contributed by atoms with Crippen LogP contribution in [-0.2, 0) is 16.0 Å². The van der Waals surface area contributed by atoms with Gasteiger partial charge in [0.05, 0.1) is 0 Å². The van der Waals surface area contributed by atoms with Crippen molar-refractivity contribution in [2.75, 3.05) is 0 Å². The number of carbonyl (C=O) groups excluding carboxylic acids is 1. The molecule has 1 heterocycles. The smallest absolute Gasteiger partial charge is 0.363 e. The minimum Gasteiger partial charge on any atom is -0.407 e. The van der Waals surface area contributed by atoms with Crippen LogP contribution < -0.4 is 0 Å². The van der Waals surface area contributed by atoms with Crippen LogP contribution in [0.25, 0.3) is 6.08 Å². The Bertz CT molecular complexity index is 791. The number of aryl methyl sites for hydroxylation is 2. The third-order valence-corrected chi connectivity index (χ3v) is 3.71. The van der Waals surface area contributed by atoms with Gasteiger partial charge in [-0.05, 0) is 48.2 Å². The van der Waals surface area contributed by atoms with Crippen molar-refractivity contribution in [3.05, 3.63) is 76.7 Å². The maximum atomic E-state index is 12.9. The molecule has 0 aromatic heterocycles. The van der Waals surface area contributed by atoms with Crippen molar-refractivity contribution in [3.63, 3.8) is 0 Å². The molecule has 3 nitrogen and oxygen atoms in total. The van der Waals surface area contributed by atoms with Crippen LogP contribution in [0.5, 0.6) is 0 Å². The molecule has 116 valence electrons. The van der Waals surface area contributed by atoms with Crippen molar-refractivity contribution >= 4 is 17.9 Å². The lowest BCUT2D eigenvalue weighted by molar-refractivity contribution is -0.130. The first kappa shape index (κ1) is 15.2. The highest BCUT2D eigenvalue weighted by molar-refractivity contribution is 6.07. The number of cyclic esters (lactones) is 1. The Morgan fingerprint density at radius 2 is 1.83 bits per heavy atom. The predicted octanol–water partition coefficient (Wildman–Crippen LogP) is 4.06. The third-order valence-electron chi connectivity index (χ3n) is 3.71. The summed E-state index contributed by atoms with van der Waals surface area (Å²) < 4.78 is 18.1. The minimum atomic E-state index is -0.464. The Morgan fingerprint density at radius 1 is 1.09 bits per heavy atom. The van der Waals surface area contributed by atoms with Crippen molar-refractivity contribution < 1.29 is 13.9 Å². The Kier molecular flexibility index (Phi) is 4.33. The fourth-order valence-electron chi connectivity index (χ4n) is 2.41. The summed E-state index contributed by atoms with van der Waals surface area (Å²) in [4.78, 5) is 16.1. The maximum Gasteiger partial charge on any atom is 0.363 e. The third kappa shape index (κ3) is 3.72. The monoisotopic (exact) mass is 309 g/mol. The minimum absolute atomic E-state index is 0.247. The number of ether oxygens (including phenoxy) is 1. The first-order valence-corrected chi connectivity index (χ1v) is 7.43. The van der Waals surface area contributed by atoms with E-state index in [4.69, 9.17) is 4.74 Å². The molecular weight excluding hydrogens is 293 g/mol. The summed E-state index contributed by atoms with van der Waals surface area (Å²) in [5.41, 5.74) is 3.38. The number of esters is 1. The highest BCUT2D eigenvalue weighted by atomic mass is 19.1. The number of benzene rings is 2. The highest BCUT2D eigenvalue weighted by Crippen LogP contribution is 2.19. The van der Waals surface area contributed by atoms with Crippen LogP contribution in [0.4, 0.5) is 4.39 Å². The zero-order valence-corrected chi connectivity index (χ0v) is 12.8. The molecule has 0 amide bonds. The van der Waals surface area contributed by atoms with Gasteiger partial charge in [-0.15, -0.1) is 0 Å². The average molecular weight is 309 g/mol. The Morgan fingerprint density at radius 3 is 2.57 bits per heavy atom. The van der Waals surface area contributed by atoms with Crippen LogP contribution in [0.15, 0.2) is 59.2 Å². The number of carbonyl (C=O) groups is 1. The lowest BCUT2D eigenvalue weighted by atomic mass is 10.0. The van der Waals surface area contributed by atoms with Gasteiger partial charge in [0.25, 0.3) is 0 Å². The number of aliphatic imine (C=N–C) groups is 1. The number of hydrogen-bond donors (Lipinski definition) is 0. The van der Waals surface area contributed by atoms with Gasteiger partial charge in [0.1, 0.15) is 5.82 Å². The van der Waals surface area contributed by atoms with Crippen LogP contribution in [0.3, 0.4) is 0 Å². The molecule has 1 aliphatic rings. The summed E-state index contributed by atoms with van der Waals surface area (Å²) in [6.07, 6.45) is 2.93. The van der Waals surface area contributed by atoms with Crippen LogP contribution in [0.2, 0.25) is 0 Å².